The molecule has 1 unspecified atom stereocenters. The third kappa shape index (κ3) is 2.99. The van der Waals surface area contributed by atoms with Gasteiger partial charge in [0.2, 0.25) is 4.96 Å². The Bertz CT molecular complexity index is 1310. The molecular weight excluding hydrogens is 408 g/mol. The van der Waals surface area contributed by atoms with Crippen LogP contribution in [0.25, 0.3) is 15.2 Å². The van der Waals surface area contributed by atoms with Crippen molar-refractivity contribution in [2.45, 2.75) is 32.7 Å². The Labute approximate surface area is 173 Å². The smallest absolute Gasteiger partial charge is 0.315 e. The number of nitrogens with one attached hydrogen (secondary N) is 1. The molecule has 4 aromatic heterocycles. The van der Waals surface area contributed by atoms with Gasteiger partial charge in [-0.05, 0) is 38.8 Å². The normalized spacial score (nSPS) is 16.8. The highest BCUT2D eigenvalue weighted by molar-refractivity contribution is 7.17. The number of urea groups is 1. The number of hydrogen-bond donors (Lipinski definition) is 1. The van der Waals surface area contributed by atoms with E-state index in [1.54, 1.807) is 18.0 Å². The predicted molar refractivity (Wildman–Crippen MR) is 114 cm³/mol. The number of nitrogens with zero attached hydrogens (tertiary/aromatic N) is 5. The fourth-order valence-corrected chi connectivity index (χ4v) is 5.52. The zero-order chi connectivity index (χ0) is 20.1. The molecule has 5 rings (SSSR count). The van der Waals surface area contributed by atoms with Crippen LogP contribution < -0.4 is 10.9 Å². The molecular formula is C19H18N6O2S2. The first-order chi connectivity index (χ1) is 14.0. The topological polar surface area (TPSA) is 92.5 Å². The summed E-state index contributed by atoms with van der Waals surface area (Å²) in [6.45, 7) is 4.23. The molecule has 0 spiro atoms. The summed E-state index contributed by atoms with van der Waals surface area (Å²) in [4.78, 5) is 37.6. The van der Waals surface area contributed by atoms with E-state index in [0.29, 0.717) is 22.8 Å². The number of rotatable bonds is 2. The summed E-state index contributed by atoms with van der Waals surface area (Å²) in [5.74, 6) is 0. The number of likely N-dealkylation sites (tertiary alicyclic amines) is 1. The number of pyridine rings is 1. The van der Waals surface area contributed by atoms with Gasteiger partial charge in [-0.3, -0.25) is 4.79 Å². The first-order valence-electron chi connectivity index (χ1n) is 9.30. The standard InChI is InChI=1S/C19H18N6O2S2/c1-10-11(2)21-19-25(17(10)26)23-16(29-19)14-6-4-8-24(14)18(27)22-13-9-28-15-12(13)5-3-7-20-15/h3,5,7,9,14H,4,6,8H2,1-2H3,(H,22,27). The lowest BCUT2D eigenvalue weighted by atomic mass is 10.2. The van der Waals surface area contributed by atoms with E-state index in [9.17, 15) is 9.59 Å². The highest BCUT2D eigenvalue weighted by Gasteiger charge is 2.33. The summed E-state index contributed by atoms with van der Waals surface area (Å²) < 4.78 is 1.36. The van der Waals surface area contributed by atoms with Gasteiger partial charge >= 0.3 is 6.03 Å². The molecule has 29 heavy (non-hydrogen) atoms. The number of thiophene rings is 1. The molecule has 0 aromatic carbocycles. The van der Waals surface area contributed by atoms with Crippen LogP contribution in [0.5, 0.6) is 0 Å². The van der Waals surface area contributed by atoms with E-state index < -0.39 is 0 Å². The molecule has 1 aliphatic rings. The predicted octanol–water partition coefficient (Wildman–Crippen LogP) is 3.75. The molecule has 10 heteroatoms. The minimum Gasteiger partial charge on any atom is -0.315 e. The van der Waals surface area contributed by atoms with Crippen LogP contribution in [0.3, 0.4) is 0 Å². The van der Waals surface area contributed by atoms with Gasteiger partial charge in [-0.2, -0.15) is 9.61 Å². The van der Waals surface area contributed by atoms with E-state index in [0.717, 1.165) is 33.8 Å². The van der Waals surface area contributed by atoms with E-state index in [4.69, 9.17) is 0 Å². The molecule has 1 fully saturated rings. The van der Waals surface area contributed by atoms with Crippen LogP contribution in [0.2, 0.25) is 0 Å². The maximum absolute atomic E-state index is 13.0. The number of aromatic nitrogens is 4. The van der Waals surface area contributed by atoms with E-state index >= 15 is 0 Å². The Kier molecular flexibility index (Phi) is 4.32. The Balaban J connectivity index is 1.45. The number of fused-ring (bicyclic) bond motifs is 2. The van der Waals surface area contributed by atoms with Gasteiger partial charge in [-0.15, -0.1) is 11.3 Å². The van der Waals surface area contributed by atoms with Crippen LogP contribution in [0.4, 0.5) is 10.5 Å². The molecule has 5 heterocycles. The van der Waals surface area contributed by atoms with E-state index in [1.165, 1.54) is 27.2 Å². The van der Waals surface area contributed by atoms with Gasteiger partial charge in [0, 0.05) is 34.8 Å². The van der Waals surface area contributed by atoms with Crippen LogP contribution >= 0.6 is 22.7 Å². The molecule has 1 aliphatic heterocycles. The van der Waals surface area contributed by atoms with Crippen molar-refractivity contribution in [1.29, 1.82) is 0 Å². The van der Waals surface area contributed by atoms with Crippen molar-refractivity contribution in [3.05, 3.63) is 50.3 Å². The van der Waals surface area contributed by atoms with Crippen molar-refractivity contribution in [2.75, 3.05) is 11.9 Å². The Hall–Kier alpha value is -2.85. The number of carbonyl (C=O) groups excluding carboxylic acids is 1. The van der Waals surface area contributed by atoms with Gasteiger partial charge in [-0.1, -0.05) is 11.3 Å². The number of aryl methyl sites for hydroxylation is 1. The molecule has 1 saturated heterocycles. The SMILES string of the molecule is Cc1nc2sc(C3CCCN3C(=O)Nc3csc4ncccc34)nn2c(=O)c1C. The second kappa shape index (κ2) is 6.89. The van der Waals surface area contributed by atoms with Crippen LogP contribution in [-0.2, 0) is 0 Å². The summed E-state index contributed by atoms with van der Waals surface area (Å²) in [7, 11) is 0. The first kappa shape index (κ1) is 18.2. The summed E-state index contributed by atoms with van der Waals surface area (Å²) >= 11 is 2.88. The third-order valence-corrected chi connectivity index (χ3v) is 7.20. The van der Waals surface area contributed by atoms with Crippen molar-refractivity contribution in [3.8, 4) is 0 Å². The summed E-state index contributed by atoms with van der Waals surface area (Å²) in [6, 6.07) is 3.48. The molecule has 0 bridgehead atoms. The minimum absolute atomic E-state index is 0.152. The zero-order valence-electron chi connectivity index (χ0n) is 15.9. The van der Waals surface area contributed by atoms with Gasteiger partial charge in [0.25, 0.3) is 5.56 Å². The summed E-state index contributed by atoms with van der Waals surface area (Å²) in [5.41, 5.74) is 1.92. The fourth-order valence-electron chi connectivity index (χ4n) is 3.59. The van der Waals surface area contributed by atoms with E-state index in [1.807, 2.05) is 24.4 Å². The molecule has 2 amide bonds. The molecule has 0 radical (unpaired) electrons. The second-order valence-corrected chi connectivity index (χ2v) is 8.89. The van der Waals surface area contributed by atoms with E-state index in [-0.39, 0.29) is 17.6 Å². The fraction of sp³-hybridized carbons (Fsp3) is 0.316. The van der Waals surface area contributed by atoms with E-state index in [2.05, 4.69) is 20.4 Å². The maximum Gasteiger partial charge on any atom is 0.322 e. The Morgan fingerprint density at radius 2 is 2.21 bits per heavy atom. The monoisotopic (exact) mass is 426 g/mol. The van der Waals surface area contributed by atoms with Crippen molar-refractivity contribution >= 4 is 49.6 Å². The minimum atomic E-state index is -0.164. The Morgan fingerprint density at radius 1 is 1.34 bits per heavy atom. The van der Waals surface area contributed by atoms with Crippen molar-refractivity contribution < 1.29 is 4.79 Å². The van der Waals surface area contributed by atoms with Gasteiger partial charge in [0.1, 0.15) is 9.84 Å². The van der Waals surface area contributed by atoms with Crippen LogP contribution in [-0.4, -0.2) is 37.1 Å². The van der Waals surface area contributed by atoms with Crippen LogP contribution in [0, 0.1) is 13.8 Å². The zero-order valence-corrected chi connectivity index (χ0v) is 17.5. The van der Waals surface area contributed by atoms with Gasteiger partial charge < -0.3 is 10.2 Å². The summed E-state index contributed by atoms with van der Waals surface area (Å²) in [5, 5.41) is 11.1. The number of carbonyl (C=O) groups is 1. The van der Waals surface area contributed by atoms with Crippen LogP contribution in [0.1, 0.15) is 35.1 Å². The average molecular weight is 427 g/mol. The van der Waals surface area contributed by atoms with Crippen molar-refractivity contribution in [2.24, 2.45) is 0 Å². The quantitative estimate of drug-likeness (QED) is 0.527. The lowest BCUT2D eigenvalue weighted by Crippen LogP contribution is -2.34. The number of amides is 2. The van der Waals surface area contributed by atoms with Gasteiger partial charge in [0.05, 0.1) is 11.7 Å². The van der Waals surface area contributed by atoms with Gasteiger partial charge in [-0.25, -0.2) is 14.8 Å². The largest absolute Gasteiger partial charge is 0.322 e. The van der Waals surface area contributed by atoms with Crippen LogP contribution in [0.15, 0.2) is 28.5 Å². The molecule has 1 N–H and O–H groups in total. The van der Waals surface area contributed by atoms with Crippen molar-refractivity contribution in [3.63, 3.8) is 0 Å². The lowest BCUT2D eigenvalue weighted by Gasteiger charge is -2.22. The number of hydrogen-bond acceptors (Lipinski definition) is 7. The molecule has 148 valence electrons. The highest BCUT2D eigenvalue weighted by Crippen LogP contribution is 2.35. The molecule has 8 nitrogen and oxygen atoms in total. The molecule has 4 aromatic rings. The number of anilines is 1. The average Bonchev–Trinajstić information content (AvgIpc) is 3.44. The second-order valence-electron chi connectivity index (χ2n) is 7.05. The summed E-state index contributed by atoms with van der Waals surface area (Å²) in [6.07, 6.45) is 3.44. The molecule has 1 atom stereocenters. The Morgan fingerprint density at radius 3 is 3.07 bits per heavy atom. The third-order valence-electron chi connectivity index (χ3n) is 5.28. The molecule has 0 saturated carbocycles. The first-order valence-corrected chi connectivity index (χ1v) is 11.0. The van der Waals surface area contributed by atoms with Gasteiger partial charge in [0.15, 0.2) is 0 Å². The molecule has 0 aliphatic carbocycles. The maximum atomic E-state index is 13.0. The van der Waals surface area contributed by atoms with Crippen molar-refractivity contribution in [1.82, 2.24) is 24.5 Å². The lowest BCUT2D eigenvalue weighted by molar-refractivity contribution is 0.207. The highest BCUT2D eigenvalue weighted by atomic mass is 32.1.